The van der Waals surface area contributed by atoms with Gasteiger partial charge in [-0.25, -0.2) is 14.8 Å². The highest BCUT2D eigenvalue weighted by molar-refractivity contribution is 6.35. The number of carboxylic acid groups (broad SMARTS) is 1. The van der Waals surface area contributed by atoms with Gasteiger partial charge in [-0.05, 0) is 51.8 Å². The number of amides is 1. The molecule has 0 saturated carbocycles. The van der Waals surface area contributed by atoms with Crippen LogP contribution in [0.4, 0.5) is 22.4 Å². The van der Waals surface area contributed by atoms with E-state index in [4.69, 9.17) is 33.2 Å². The Morgan fingerprint density at radius 3 is 2.38 bits per heavy atom. The Bertz CT molecular complexity index is 1130. The first-order chi connectivity index (χ1) is 15.1. The molecule has 9 nitrogen and oxygen atoms in total. The highest BCUT2D eigenvalue weighted by atomic mass is 35.5. The molecule has 3 aromatic rings. The van der Waals surface area contributed by atoms with E-state index >= 15 is 0 Å². The van der Waals surface area contributed by atoms with Crippen LogP contribution in [0.15, 0.2) is 24.4 Å². The van der Waals surface area contributed by atoms with Crippen molar-refractivity contribution in [1.82, 2.24) is 24.4 Å². The van der Waals surface area contributed by atoms with E-state index in [0.29, 0.717) is 64.7 Å². The molecule has 0 unspecified atom stereocenters. The molecular formula is C21H25Cl2N7O2. The third kappa shape index (κ3) is 4.99. The number of hydrogen-bond acceptors (Lipinski definition) is 6. The Labute approximate surface area is 195 Å². The molecule has 3 N–H and O–H groups in total. The van der Waals surface area contributed by atoms with E-state index in [1.807, 2.05) is 25.3 Å². The van der Waals surface area contributed by atoms with Crippen LogP contribution in [0.2, 0.25) is 10.0 Å². The summed E-state index contributed by atoms with van der Waals surface area (Å²) in [5.41, 5.74) is 1.81. The molecule has 1 aliphatic rings. The monoisotopic (exact) mass is 477 g/mol. The highest BCUT2D eigenvalue weighted by Gasteiger charge is 2.28. The Morgan fingerprint density at radius 2 is 1.78 bits per heavy atom. The van der Waals surface area contributed by atoms with E-state index < -0.39 is 6.09 Å². The van der Waals surface area contributed by atoms with Crippen molar-refractivity contribution in [2.75, 3.05) is 23.7 Å². The van der Waals surface area contributed by atoms with Crippen LogP contribution in [0.3, 0.4) is 0 Å². The van der Waals surface area contributed by atoms with Crippen molar-refractivity contribution in [2.24, 2.45) is 0 Å². The predicted octanol–water partition coefficient (Wildman–Crippen LogP) is 5.40. The van der Waals surface area contributed by atoms with E-state index in [0.717, 1.165) is 0 Å². The summed E-state index contributed by atoms with van der Waals surface area (Å²) in [5.74, 6) is 1.08. The largest absolute Gasteiger partial charge is 0.465 e. The Hall–Kier alpha value is -2.78. The Kier molecular flexibility index (Phi) is 6.05. The van der Waals surface area contributed by atoms with Gasteiger partial charge < -0.3 is 20.6 Å². The minimum Gasteiger partial charge on any atom is -0.465 e. The van der Waals surface area contributed by atoms with Gasteiger partial charge in [0.1, 0.15) is 5.52 Å². The lowest BCUT2D eigenvalue weighted by molar-refractivity contribution is 0.126. The molecule has 3 heterocycles. The summed E-state index contributed by atoms with van der Waals surface area (Å²) in [5, 5.41) is 16.9. The van der Waals surface area contributed by atoms with Crippen molar-refractivity contribution >= 4 is 58.0 Å². The second kappa shape index (κ2) is 8.63. The summed E-state index contributed by atoms with van der Waals surface area (Å²) in [6.45, 7) is 7.00. The average molecular weight is 478 g/mol. The van der Waals surface area contributed by atoms with Gasteiger partial charge in [-0.2, -0.15) is 4.98 Å². The first kappa shape index (κ1) is 22.4. The number of halogens is 2. The molecule has 2 aromatic heterocycles. The van der Waals surface area contributed by atoms with Gasteiger partial charge in [0, 0.05) is 40.4 Å². The number of imidazole rings is 1. The highest BCUT2D eigenvalue weighted by Crippen LogP contribution is 2.33. The van der Waals surface area contributed by atoms with Crippen molar-refractivity contribution in [3.63, 3.8) is 0 Å². The number of aromatic nitrogens is 4. The van der Waals surface area contributed by atoms with Gasteiger partial charge in [-0.3, -0.25) is 4.57 Å². The average Bonchev–Trinajstić information content (AvgIpc) is 3.03. The van der Waals surface area contributed by atoms with Crippen molar-refractivity contribution < 1.29 is 9.90 Å². The summed E-state index contributed by atoms with van der Waals surface area (Å²) in [7, 11) is 0. The maximum absolute atomic E-state index is 11.3. The molecule has 0 bridgehead atoms. The number of piperidine rings is 1. The molecule has 0 atom stereocenters. The zero-order chi connectivity index (χ0) is 23.0. The Balaban J connectivity index is 1.76. The van der Waals surface area contributed by atoms with Crippen molar-refractivity contribution in [3.8, 4) is 0 Å². The number of anilines is 3. The molecule has 1 fully saturated rings. The number of nitrogens with zero attached hydrogens (tertiary/aromatic N) is 5. The Morgan fingerprint density at radius 1 is 1.12 bits per heavy atom. The molecule has 0 radical (unpaired) electrons. The second-order valence-corrected chi connectivity index (χ2v) is 9.74. The summed E-state index contributed by atoms with van der Waals surface area (Å²) >= 11 is 12.3. The maximum atomic E-state index is 11.3. The quantitative estimate of drug-likeness (QED) is 0.461. The lowest BCUT2D eigenvalue weighted by Crippen LogP contribution is -2.38. The van der Waals surface area contributed by atoms with Crippen LogP contribution < -0.4 is 10.6 Å². The number of fused-ring (bicyclic) bond motifs is 1. The van der Waals surface area contributed by atoms with E-state index in [-0.39, 0.29) is 11.6 Å². The maximum Gasteiger partial charge on any atom is 0.407 e. The number of carbonyl (C=O) groups is 1. The lowest BCUT2D eigenvalue weighted by Gasteiger charge is -2.31. The number of rotatable bonds is 4. The van der Waals surface area contributed by atoms with Crippen LogP contribution in [0.1, 0.15) is 39.7 Å². The van der Waals surface area contributed by atoms with Crippen LogP contribution in [0, 0.1) is 0 Å². The zero-order valence-corrected chi connectivity index (χ0v) is 19.6. The normalized spacial score (nSPS) is 15.2. The fourth-order valence-electron chi connectivity index (χ4n) is 3.79. The summed E-state index contributed by atoms with van der Waals surface area (Å²) in [4.78, 5) is 26.7. The molecule has 1 aliphatic heterocycles. The first-order valence-corrected chi connectivity index (χ1v) is 11.1. The van der Waals surface area contributed by atoms with Gasteiger partial charge >= 0.3 is 6.09 Å². The number of hydrogen-bond donors (Lipinski definition) is 3. The lowest BCUT2D eigenvalue weighted by atomic mass is 10.1. The molecule has 1 aromatic carbocycles. The van der Waals surface area contributed by atoms with Crippen molar-refractivity contribution in [2.45, 2.75) is 45.2 Å². The SMILES string of the molecule is CC(C)(C)Nc1ncc2nc(Nc3cc(Cl)cc(Cl)c3)n(C3CCN(C(=O)O)CC3)c2n1. The third-order valence-corrected chi connectivity index (χ3v) is 5.57. The van der Waals surface area contributed by atoms with Gasteiger partial charge in [0.2, 0.25) is 11.9 Å². The summed E-state index contributed by atoms with van der Waals surface area (Å²) in [6.07, 6.45) is 2.09. The standard InChI is InChI=1S/C21H25Cl2N7O2/c1-21(2,3)28-18-24-11-16-17(27-18)30(15-4-6-29(7-5-15)20(31)32)19(26-16)25-14-9-12(22)8-13(23)10-14/h8-11,15H,4-7H2,1-3H3,(H,25,26)(H,31,32)(H,24,27,28). The summed E-state index contributed by atoms with van der Waals surface area (Å²) in [6, 6.07) is 5.21. The molecule has 11 heteroatoms. The topological polar surface area (TPSA) is 108 Å². The molecular weight excluding hydrogens is 453 g/mol. The van der Waals surface area contributed by atoms with Crippen LogP contribution >= 0.6 is 23.2 Å². The first-order valence-electron chi connectivity index (χ1n) is 10.3. The minimum absolute atomic E-state index is 0.0187. The van der Waals surface area contributed by atoms with Gasteiger partial charge in [0.25, 0.3) is 0 Å². The van der Waals surface area contributed by atoms with Gasteiger partial charge in [0.15, 0.2) is 5.65 Å². The van der Waals surface area contributed by atoms with E-state index in [9.17, 15) is 9.90 Å². The number of benzene rings is 1. The van der Waals surface area contributed by atoms with Gasteiger partial charge in [-0.1, -0.05) is 23.2 Å². The van der Waals surface area contributed by atoms with Crippen LogP contribution in [0.25, 0.3) is 11.2 Å². The van der Waals surface area contributed by atoms with E-state index in [1.54, 1.807) is 24.4 Å². The fraction of sp³-hybridized carbons (Fsp3) is 0.429. The molecule has 1 amide bonds. The number of nitrogens with one attached hydrogen (secondary N) is 2. The summed E-state index contributed by atoms with van der Waals surface area (Å²) < 4.78 is 2.03. The predicted molar refractivity (Wildman–Crippen MR) is 126 cm³/mol. The van der Waals surface area contributed by atoms with Crippen LogP contribution in [-0.2, 0) is 0 Å². The molecule has 0 spiro atoms. The smallest absolute Gasteiger partial charge is 0.407 e. The fourth-order valence-corrected chi connectivity index (χ4v) is 4.32. The van der Waals surface area contributed by atoms with Crippen LogP contribution in [0.5, 0.6) is 0 Å². The third-order valence-electron chi connectivity index (χ3n) is 5.14. The van der Waals surface area contributed by atoms with E-state index in [2.05, 4.69) is 15.6 Å². The van der Waals surface area contributed by atoms with E-state index in [1.165, 1.54) is 4.90 Å². The molecule has 4 rings (SSSR count). The zero-order valence-electron chi connectivity index (χ0n) is 18.1. The second-order valence-electron chi connectivity index (χ2n) is 8.87. The van der Waals surface area contributed by atoms with Gasteiger partial charge in [0.05, 0.1) is 6.20 Å². The van der Waals surface area contributed by atoms with Crippen molar-refractivity contribution in [1.29, 1.82) is 0 Å². The number of likely N-dealkylation sites (tertiary alicyclic amines) is 1. The molecule has 170 valence electrons. The van der Waals surface area contributed by atoms with Gasteiger partial charge in [-0.15, -0.1) is 0 Å². The molecule has 1 saturated heterocycles. The van der Waals surface area contributed by atoms with Crippen molar-refractivity contribution in [3.05, 3.63) is 34.4 Å². The van der Waals surface area contributed by atoms with Crippen LogP contribution in [-0.4, -0.2) is 54.2 Å². The molecule has 32 heavy (non-hydrogen) atoms. The molecule has 0 aliphatic carbocycles. The minimum atomic E-state index is -0.898.